The van der Waals surface area contributed by atoms with Crippen molar-refractivity contribution in [2.75, 3.05) is 39.2 Å². The normalized spacial score (nSPS) is 14.4. The van der Waals surface area contributed by atoms with E-state index in [1.807, 2.05) is 0 Å². The summed E-state index contributed by atoms with van der Waals surface area (Å²) in [6, 6.07) is 4.91. The van der Waals surface area contributed by atoms with Crippen LogP contribution in [0.4, 0.5) is 5.69 Å². The summed E-state index contributed by atoms with van der Waals surface area (Å²) in [6.07, 6.45) is 3.15. The molecule has 2 amide bonds. The lowest BCUT2D eigenvalue weighted by molar-refractivity contribution is -0.151. The third kappa shape index (κ3) is 5.65. The van der Waals surface area contributed by atoms with Crippen molar-refractivity contribution < 1.29 is 28.6 Å². The fraction of sp³-hybridized carbons (Fsp3) is 0.500. The van der Waals surface area contributed by atoms with Crippen LogP contribution < -0.4 is 14.8 Å². The van der Waals surface area contributed by atoms with Crippen molar-refractivity contribution in [3.05, 3.63) is 18.2 Å². The van der Waals surface area contributed by atoms with Crippen molar-refractivity contribution in [1.29, 1.82) is 0 Å². The summed E-state index contributed by atoms with van der Waals surface area (Å²) < 4.78 is 15.3. The van der Waals surface area contributed by atoms with Crippen molar-refractivity contribution in [2.24, 2.45) is 0 Å². The molecule has 1 heterocycles. The number of rotatable bonds is 7. The summed E-state index contributed by atoms with van der Waals surface area (Å²) in [4.78, 5) is 37.2. The Hall–Kier alpha value is -2.77. The smallest absolute Gasteiger partial charge is 0.326 e. The molecular weight excluding hydrogens is 340 g/mol. The average Bonchev–Trinajstić information content (AvgIpc) is 2.84. The van der Waals surface area contributed by atoms with Gasteiger partial charge in [0.2, 0.25) is 5.91 Å². The Morgan fingerprint density at radius 1 is 1.12 bits per heavy atom. The van der Waals surface area contributed by atoms with Gasteiger partial charge >= 0.3 is 5.97 Å². The van der Waals surface area contributed by atoms with E-state index in [-0.39, 0.29) is 12.5 Å². The first kappa shape index (κ1) is 19.6. The van der Waals surface area contributed by atoms with E-state index < -0.39 is 18.5 Å². The standard InChI is InChI=1S/C18H24N2O6/c1-24-14-8-7-13(10-15(14)25-2)19-16(21)12-26-18(23)11-20-9-5-3-4-6-17(20)22/h7-8,10H,3-6,9,11-12H2,1-2H3,(H,19,21). The molecule has 0 radical (unpaired) electrons. The van der Waals surface area contributed by atoms with Gasteiger partial charge in [0.25, 0.3) is 5.91 Å². The molecule has 1 saturated heterocycles. The van der Waals surface area contributed by atoms with E-state index in [4.69, 9.17) is 14.2 Å². The molecule has 0 aliphatic carbocycles. The molecule has 0 bridgehead atoms. The lowest BCUT2D eigenvalue weighted by Crippen LogP contribution is -2.36. The lowest BCUT2D eigenvalue weighted by Gasteiger charge is -2.19. The van der Waals surface area contributed by atoms with Crippen LogP contribution in [-0.4, -0.2) is 56.6 Å². The highest BCUT2D eigenvalue weighted by Gasteiger charge is 2.20. The average molecular weight is 364 g/mol. The van der Waals surface area contributed by atoms with E-state index in [0.717, 1.165) is 19.3 Å². The second-order valence-corrected chi connectivity index (χ2v) is 5.90. The third-order valence-electron chi connectivity index (χ3n) is 4.02. The Bertz CT molecular complexity index is 661. The summed E-state index contributed by atoms with van der Waals surface area (Å²) in [5.41, 5.74) is 0.492. The van der Waals surface area contributed by atoms with Crippen LogP contribution in [0.25, 0.3) is 0 Å². The quantitative estimate of drug-likeness (QED) is 0.739. The highest BCUT2D eigenvalue weighted by atomic mass is 16.5. The maximum atomic E-state index is 11.9. The number of anilines is 1. The molecule has 26 heavy (non-hydrogen) atoms. The first-order valence-electron chi connectivity index (χ1n) is 8.48. The topological polar surface area (TPSA) is 94.2 Å². The molecular formula is C18H24N2O6. The summed E-state index contributed by atoms with van der Waals surface area (Å²) >= 11 is 0. The second kappa shape index (κ2) is 9.65. The van der Waals surface area contributed by atoms with Crippen molar-refractivity contribution >= 4 is 23.5 Å². The molecule has 142 valence electrons. The zero-order valence-corrected chi connectivity index (χ0v) is 15.1. The number of hydrogen-bond donors (Lipinski definition) is 1. The van der Waals surface area contributed by atoms with Gasteiger partial charge in [-0.1, -0.05) is 6.42 Å². The van der Waals surface area contributed by atoms with Crippen molar-refractivity contribution in [2.45, 2.75) is 25.7 Å². The SMILES string of the molecule is COc1ccc(NC(=O)COC(=O)CN2CCCCCC2=O)cc1OC. The fourth-order valence-electron chi connectivity index (χ4n) is 2.66. The van der Waals surface area contributed by atoms with E-state index in [1.54, 1.807) is 18.2 Å². The van der Waals surface area contributed by atoms with Gasteiger partial charge in [-0.25, -0.2) is 0 Å². The second-order valence-electron chi connectivity index (χ2n) is 5.90. The monoisotopic (exact) mass is 364 g/mol. The number of hydrogen-bond acceptors (Lipinski definition) is 6. The number of likely N-dealkylation sites (tertiary alicyclic amines) is 1. The molecule has 0 saturated carbocycles. The van der Waals surface area contributed by atoms with Gasteiger partial charge in [0.1, 0.15) is 6.54 Å². The molecule has 0 aromatic heterocycles. The number of methoxy groups -OCH3 is 2. The first-order valence-corrected chi connectivity index (χ1v) is 8.48. The van der Waals surface area contributed by atoms with Gasteiger partial charge in [-0.05, 0) is 25.0 Å². The Kier molecular flexibility index (Phi) is 7.25. The minimum atomic E-state index is -0.595. The van der Waals surface area contributed by atoms with Crippen LogP contribution in [0.5, 0.6) is 11.5 Å². The molecule has 1 aliphatic heterocycles. The predicted octanol–water partition coefficient (Wildman–Crippen LogP) is 1.59. The molecule has 0 spiro atoms. The Morgan fingerprint density at radius 2 is 1.88 bits per heavy atom. The Morgan fingerprint density at radius 3 is 2.62 bits per heavy atom. The minimum absolute atomic E-state index is 0.0470. The number of carbonyl (C=O) groups excluding carboxylic acids is 3. The van der Waals surface area contributed by atoms with E-state index in [9.17, 15) is 14.4 Å². The van der Waals surface area contributed by atoms with Crippen LogP contribution in [0.2, 0.25) is 0 Å². The molecule has 2 rings (SSSR count). The van der Waals surface area contributed by atoms with E-state index in [0.29, 0.717) is 30.2 Å². The van der Waals surface area contributed by atoms with E-state index in [1.165, 1.54) is 19.1 Å². The summed E-state index contributed by atoms with van der Waals surface area (Å²) in [6.45, 7) is 0.00343. The van der Waals surface area contributed by atoms with Crippen molar-refractivity contribution in [1.82, 2.24) is 4.90 Å². The van der Waals surface area contributed by atoms with Crippen LogP contribution in [-0.2, 0) is 19.1 Å². The molecule has 1 N–H and O–H groups in total. The van der Waals surface area contributed by atoms with Gasteiger partial charge in [-0.2, -0.15) is 0 Å². The molecule has 1 aromatic rings. The van der Waals surface area contributed by atoms with Crippen molar-refractivity contribution in [3.8, 4) is 11.5 Å². The van der Waals surface area contributed by atoms with Crippen LogP contribution in [0.3, 0.4) is 0 Å². The molecule has 8 heteroatoms. The highest BCUT2D eigenvalue weighted by Crippen LogP contribution is 2.29. The number of nitrogens with zero attached hydrogens (tertiary/aromatic N) is 1. The number of benzene rings is 1. The van der Waals surface area contributed by atoms with Gasteiger partial charge < -0.3 is 24.4 Å². The van der Waals surface area contributed by atoms with Crippen LogP contribution >= 0.6 is 0 Å². The summed E-state index contributed by atoms with van der Waals surface area (Å²) in [5, 5.41) is 2.61. The maximum absolute atomic E-state index is 11.9. The molecule has 1 fully saturated rings. The van der Waals surface area contributed by atoms with E-state index >= 15 is 0 Å². The van der Waals surface area contributed by atoms with Gasteiger partial charge in [-0.3, -0.25) is 14.4 Å². The zero-order valence-electron chi connectivity index (χ0n) is 15.1. The molecule has 1 aromatic carbocycles. The number of esters is 1. The Labute approximate surface area is 152 Å². The number of carbonyl (C=O) groups is 3. The lowest BCUT2D eigenvalue weighted by atomic mass is 10.2. The first-order chi connectivity index (χ1) is 12.5. The van der Waals surface area contributed by atoms with Gasteiger partial charge in [0.15, 0.2) is 18.1 Å². The van der Waals surface area contributed by atoms with Crippen molar-refractivity contribution in [3.63, 3.8) is 0 Å². The number of ether oxygens (including phenoxy) is 3. The predicted molar refractivity (Wildman–Crippen MR) is 94.2 cm³/mol. The summed E-state index contributed by atoms with van der Waals surface area (Å²) in [5.74, 6) is -0.106. The van der Waals surface area contributed by atoms with Gasteiger partial charge in [-0.15, -0.1) is 0 Å². The van der Waals surface area contributed by atoms with Gasteiger partial charge in [0, 0.05) is 24.7 Å². The maximum Gasteiger partial charge on any atom is 0.326 e. The Balaban J connectivity index is 1.80. The fourth-order valence-corrected chi connectivity index (χ4v) is 2.66. The zero-order chi connectivity index (χ0) is 18.9. The largest absolute Gasteiger partial charge is 0.493 e. The van der Waals surface area contributed by atoms with Crippen LogP contribution in [0.1, 0.15) is 25.7 Å². The number of nitrogens with one attached hydrogen (secondary N) is 1. The third-order valence-corrected chi connectivity index (χ3v) is 4.02. The van der Waals surface area contributed by atoms with Crippen LogP contribution in [0.15, 0.2) is 18.2 Å². The number of amides is 2. The molecule has 0 atom stereocenters. The molecule has 0 unspecified atom stereocenters. The van der Waals surface area contributed by atoms with E-state index in [2.05, 4.69) is 5.32 Å². The highest BCUT2D eigenvalue weighted by molar-refractivity contribution is 5.93. The van der Waals surface area contributed by atoms with Crippen LogP contribution in [0, 0.1) is 0 Å². The molecule has 8 nitrogen and oxygen atoms in total. The minimum Gasteiger partial charge on any atom is -0.493 e. The molecule has 1 aliphatic rings. The summed E-state index contributed by atoms with van der Waals surface area (Å²) in [7, 11) is 3.01. The van der Waals surface area contributed by atoms with Gasteiger partial charge in [0.05, 0.1) is 14.2 Å².